The van der Waals surface area contributed by atoms with E-state index in [4.69, 9.17) is 16.3 Å². The highest BCUT2D eigenvalue weighted by Crippen LogP contribution is 2.28. The summed E-state index contributed by atoms with van der Waals surface area (Å²) in [6, 6.07) is 8.26. The summed E-state index contributed by atoms with van der Waals surface area (Å²) >= 11 is 9.61. The van der Waals surface area contributed by atoms with Gasteiger partial charge in [-0.2, -0.15) is 0 Å². The van der Waals surface area contributed by atoms with Crippen molar-refractivity contribution in [2.24, 2.45) is 5.92 Å². The maximum absolute atomic E-state index is 6.04. The van der Waals surface area contributed by atoms with E-state index in [0.29, 0.717) is 17.7 Å². The molecule has 0 saturated heterocycles. The molecule has 1 rings (SSSR count). The van der Waals surface area contributed by atoms with E-state index in [9.17, 15) is 0 Å². The third-order valence-electron chi connectivity index (χ3n) is 2.59. The highest BCUT2D eigenvalue weighted by molar-refractivity contribution is 9.10. The number of rotatable bonds is 7. The molecule has 1 aromatic rings. The van der Waals surface area contributed by atoms with Gasteiger partial charge in [0.25, 0.3) is 0 Å². The zero-order chi connectivity index (χ0) is 12.7. The SMILES string of the molecule is CC(C)COCCC(CCl)c1ccccc1Br. The second-order valence-electron chi connectivity index (χ2n) is 4.63. The van der Waals surface area contributed by atoms with E-state index in [2.05, 4.69) is 48.0 Å². The maximum Gasteiger partial charge on any atom is 0.0488 e. The predicted molar refractivity (Wildman–Crippen MR) is 77.9 cm³/mol. The summed E-state index contributed by atoms with van der Waals surface area (Å²) in [5.74, 6) is 1.58. The molecular formula is C14H20BrClO. The Kier molecular flexibility index (Phi) is 7.17. The molecule has 1 aromatic carbocycles. The Hall–Kier alpha value is -0.0500. The fraction of sp³-hybridized carbons (Fsp3) is 0.571. The van der Waals surface area contributed by atoms with Crippen LogP contribution in [-0.4, -0.2) is 19.1 Å². The van der Waals surface area contributed by atoms with Crippen molar-refractivity contribution in [3.8, 4) is 0 Å². The quantitative estimate of drug-likeness (QED) is 0.516. The summed E-state index contributed by atoms with van der Waals surface area (Å²) in [6.07, 6.45) is 0.971. The van der Waals surface area contributed by atoms with Crippen LogP contribution < -0.4 is 0 Å². The molecule has 0 saturated carbocycles. The zero-order valence-corrected chi connectivity index (χ0v) is 12.8. The Balaban J connectivity index is 2.46. The molecule has 3 heteroatoms. The van der Waals surface area contributed by atoms with Crippen LogP contribution in [0.2, 0.25) is 0 Å². The molecule has 0 N–H and O–H groups in total. The van der Waals surface area contributed by atoms with Crippen molar-refractivity contribution < 1.29 is 4.74 Å². The van der Waals surface area contributed by atoms with E-state index in [0.717, 1.165) is 24.1 Å². The molecule has 0 aliphatic carbocycles. The van der Waals surface area contributed by atoms with E-state index < -0.39 is 0 Å². The fourth-order valence-electron chi connectivity index (χ4n) is 1.67. The highest BCUT2D eigenvalue weighted by Gasteiger charge is 2.13. The highest BCUT2D eigenvalue weighted by atomic mass is 79.9. The van der Waals surface area contributed by atoms with Crippen LogP contribution in [0.5, 0.6) is 0 Å². The van der Waals surface area contributed by atoms with Crippen LogP contribution in [-0.2, 0) is 4.74 Å². The van der Waals surface area contributed by atoms with Crippen LogP contribution in [0, 0.1) is 5.92 Å². The number of benzene rings is 1. The van der Waals surface area contributed by atoms with E-state index in [1.54, 1.807) is 0 Å². The molecule has 0 fully saturated rings. The lowest BCUT2D eigenvalue weighted by molar-refractivity contribution is 0.105. The molecular weight excluding hydrogens is 300 g/mol. The summed E-state index contributed by atoms with van der Waals surface area (Å²) in [4.78, 5) is 0. The van der Waals surface area contributed by atoms with Gasteiger partial charge in [0.15, 0.2) is 0 Å². The van der Waals surface area contributed by atoms with Crippen LogP contribution in [0.15, 0.2) is 28.7 Å². The molecule has 96 valence electrons. The van der Waals surface area contributed by atoms with Crippen molar-refractivity contribution in [3.05, 3.63) is 34.3 Å². The summed E-state index contributed by atoms with van der Waals surface area (Å²) in [7, 11) is 0. The lowest BCUT2D eigenvalue weighted by Crippen LogP contribution is -2.09. The maximum atomic E-state index is 6.04. The topological polar surface area (TPSA) is 9.23 Å². The first kappa shape index (κ1) is 15.0. The molecule has 0 amide bonds. The first-order chi connectivity index (χ1) is 8.15. The van der Waals surface area contributed by atoms with Crippen LogP contribution in [0.1, 0.15) is 31.7 Å². The molecule has 0 bridgehead atoms. The van der Waals surface area contributed by atoms with Gasteiger partial charge in [-0.1, -0.05) is 48.0 Å². The Labute approximate surface area is 118 Å². The Bertz CT molecular complexity index is 328. The summed E-state index contributed by atoms with van der Waals surface area (Å²) in [6.45, 7) is 5.92. The molecule has 0 aliphatic rings. The fourth-order valence-corrected chi connectivity index (χ4v) is 2.60. The van der Waals surface area contributed by atoms with Crippen LogP contribution in [0.3, 0.4) is 0 Å². The number of ether oxygens (including phenoxy) is 1. The van der Waals surface area contributed by atoms with Crippen molar-refractivity contribution >= 4 is 27.5 Å². The summed E-state index contributed by atoms with van der Waals surface area (Å²) in [5, 5.41) is 0. The minimum atomic E-state index is 0.361. The van der Waals surface area contributed by atoms with Gasteiger partial charge in [0.2, 0.25) is 0 Å². The van der Waals surface area contributed by atoms with Crippen LogP contribution in [0.25, 0.3) is 0 Å². The van der Waals surface area contributed by atoms with Crippen molar-refractivity contribution in [3.63, 3.8) is 0 Å². The first-order valence-corrected chi connectivity index (χ1v) is 7.36. The largest absolute Gasteiger partial charge is 0.381 e. The van der Waals surface area contributed by atoms with Crippen LogP contribution >= 0.6 is 27.5 Å². The van der Waals surface area contributed by atoms with Crippen LogP contribution in [0.4, 0.5) is 0 Å². The minimum Gasteiger partial charge on any atom is -0.381 e. The second kappa shape index (κ2) is 8.12. The van der Waals surface area contributed by atoms with Gasteiger partial charge in [-0.25, -0.2) is 0 Å². The Morgan fingerprint density at radius 1 is 1.29 bits per heavy atom. The third-order valence-corrected chi connectivity index (χ3v) is 3.69. The van der Waals surface area contributed by atoms with Gasteiger partial charge in [-0.3, -0.25) is 0 Å². The average molecular weight is 320 g/mol. The first-order valence-electron chi connectivity index (χ1n) is 6.03. The molecule has 0 spiro atoms. The predicted octanol–water partition coefficient (Wildman–Crippen LogP) is 4.83. The molecule has 0 aromatic heterocycles. The molecule has 1 unspecified atom stereocenters. The van der Waals surface area contributed by atoms with Gasteiger partial charge in [-0.05, 0) is 24.0 Å². The Morgan fingerprint density at radius 3 is 2.59 bits per heavy atom. The monoisotopic (exact) mass is 318 g/mol. The summed E-state index contributed by atoms with van der Waals surface area (Å²) < 4.78 is 6.75. The third kappa shape index (κ3) is 5.41. The minimum absolute atomic E-state index is 0.361. The van der Waals surface area contributed by atoms with E-state index >= 15 is 0 Å². The normalized spacial score (nSPS) is 13.0. The molecule has 1 atom stereocenters. The van der Waals surface area contributed by atoms with E-state index in [-0.39, 0.29) is 0 Å². The lowest BCUT2D eigenvalue weighted by atomic mass is 9.98. The van der Waals surface area contributed by atoms with Crippen molar-refractivity contribution in [2.45, 2.75) is 26.2 Å². The average Bonchev–Trinajstić information content (AvgIpc) is 2.30. The summed E-state index contributed by atoms with van der Waals surface area (Å²) in [5.41, 5.74) is 1.27. The van der Waals surface area contributed by atoms with Crippen molar-refractivity contribution in [2.75, 3.05) is 19.1 Å². The standard InChI is InChI=1S/C14H20BrClO/c1-11(2)10-17-8-7-12(9-16)13-5-3-4-6-14(13)15/h3-6,11-12H,7-10H2,1-2H3. The number of halogens is 2. The smallest absolute Gasteiger partial charge is 0.0488 e. The number of hydrogen-bond donors (Lipinski definition) is 0. The van der Waals surface area contributed by atoms with Gasteiger partial charge < -0.3 is 4.74 Å². The molecule has 17 heavy (non-hydrogen) atoms. The van der Waals surface area contributed by atoms with E-state index in [1.807, 2.05) is 6.07 Å². The van der Waals surface area contributed by atoms with Gasteiger partial charge in [-0.15, -0.1) is 11.6 Å². The zero-order valence-electron chi connectivity index (χ0n) is 10.5. The molecule has 0 aliphatic heterocycles. The van der Waals surface area contributed by atoms with Crippen molar-refractivity contribution in [1.82, 2.24) is 0 Å². The van der Waals surface area contributed by atoms with Gasteiger partial charge in [0, 0.05) is 29.5 Å². The van der Waals surface area contributed by atoms with Crippen molar-refractivity contribution in [1.29, 1.82) is 0 Å². The van der Waals surface area contributed by atoms with Gasteiger partial charge >= 0.3 is 0 Å². The molecule has 0 heterocycles. The number of alkyl halides is 1. The van der Waals surface area contributed by atoms with Gasteiger partial charge in [0.1, 0.15) is 0 Å². The lowest BCUT2D eigenvalue weighted by Gasteiger charge is -2.16. The van der Waals surface area contributed by atoms with E-state index in [1.165, 1.54) is 5.56 Å². The number of hydrogen-bond acceptors (Lipinski definition) is 1. The molecule has 1 nitrogen and oxygen atoms in total. The van der Waals surface area contributed by atoms with Gasteiger partial charge in [0.05, 0.1) is 0 Å². The molecule has 0 radical (unpaired) electrons. The Morgan fingerprint density at radius 2 is 2.00 bits per heavy atom. The second-order valence-corrected chi connectivity index (χ2v) is 5.79.